The number of carbonyl (C=O) groups is 2. The standard InChI is InChI=1S/C7H13NO7/c9-1-3(11)4(12)5(13)6(14)7(15)8-2-10/h2-5,7,9,11-13,15H,1H2,(H,8,10)/t3-,4+,5-,7?/m1/s1. The molecule has 0 aromatic carbocycles. The van der Waals surface area contributed by atoms with Crippen LogP contribution in [-0.4, -0.2) is 68.9 Å². The molecule has 8 nitrogen and oxygen atoms in total. The predicted molar refractivity (Wildman–Crippen MR) is 45.3 cm³/mol. The molecule has 0 aliphatic carbocycles. The van der Waals surface area contributed by atoms with E-state index in [2.05, 4.69) is 0 Å². The Morgan fingerprint density at radius 2 is 1.80 bits per heavy atom. The normalized spacial score (nSPS) is 18.7. The van der Waals surface area contributed by atoms with Gasteiger partial charge in [-0.1, -0.05) is 0 Å². The lowest BCUT2D eigenvalue weighted by Crippen LogP contribution is -2.50. The van der Waals surface area contributed by atoms with Gasteiger partial charge in [-0.25, -0.2) is 0 Å². The van der Waals surface area contributed by atoms with Gasteiger partial charge in [-0.05, 0) is 0 Å². The molecule has 0 heterocycles. The van der Waals surface area contributed by atoms with E-state index < -0.39 is 36.9 Å². The Morgan fingerprint density at radius 1 is 1.27 bits per heavy atom. The SMILES string of the molecule is O=CNC(O)C(=O)[C@H](O)[C@@H](O)[C@H](O)CO. The van der Waals surface area contributed by atoms with E-state index >= 15 is 0 Å². The first-order valence-corrected chi connectivity index (χ1v) is 4.02. The van der Waals surface area contributed by atoms with E-state index in [1.807, 2.05) is 0 Å². The van der Waals surface area contributed by atoms with Crippen molar-refractivity contribution < 1.29 is 35.1 Å². The molecule has 0 aliphatic heterocycles. The second kappa shape index (κ2) is 6.43. The van der Waals surface area contributed by atoms with Crippen LogP contribution in [0.1, 0.15) is 0 Å². The van der Waals surface area contributed by atoms with Crippen LogP contribution in [0.2, 0.25) is 0 Å². The third kappa shape index (κ3) is 3.90. The fraction of sp³-hybridized carbons (Fsp3) is 0.714. The summed E-state index contributed by atoms with van der Waals surface area (Å²) < 4.78 is 0. The van der Waals surface area contributed by atoms with Crippen molar-refractivity contribution in [2.45, 2.75) is 24.5 Å². The molecular weight excluding hydrogens is 210 g/mol. The first-order chi connectivity index (χ1) is 6.95. The Hall–Kier alpha value is -1.06. The van der Waals surface area contributed by atoms with Crippen molar-refractivity contribution in [3.05, 3.63) is 0 Å². The second-order valence-electron chi connectivity index (χ2n) is 2.77. The number of nitrogens with one attached hydrogen (secondary N) is 1. The van der Waals surface area contributed by atoms with Crippen LogP contribution in [0.4, 0.5) is 0 Å². The molecule has 15 heavy (non-hydrogen) atoms. The number of aliphatic hydroxyl groups is 5. The fourth-order valence-electron chi connectivity index (χ4n) is 0.795. The molecule has 1 amide bonds. The van der Waals surface area contributed by atoms with Crippen molar-refractivity contribution in [1.29, 1.82) is 0 Å². The van der Waals surface area contributed by atoms with Gasteiger partial charge in [0, 0.05) is 0 Å². The minimum Gasteiger partial charge on any atom is -0.394 e. The largest absolute Gasteiger partial charge is 0.394 e. The summed E-state index contributed by atoms with van der Waals surface area (Å²) in [7, 11) is 0. The van der Waals surface area contributed by atoms with E-state index in [0.29, 0.717) is 0 Å². The first-order valence-electron chi connectivity index (χ1n) is 4.02. The van der Waals surface area contributed by atoms with Gasteiger partial charge in [-0.15, -0.1) is 0 Å². The molecule has 88 valence electrons. The van der Waals surface area contributed by atoms with Crippen LogP contribution in [0.5, 0.6) is 0 Å². The van der Waals surface area contributed by atoms with Crippen molar-refractivity contribution in [3.63, 3.8) is 0 Å². The Balaban J connectivity index is 4.36. The minimum absolute atomic E-state index is 0.0319. The van der Waals surface area contributed by atoms with Gasteiger partial charge in [0.05, 0.1) is 6.61 Å². The summed E-state index contributed by atoms with van der Waals surface area (Å²) in [5, 5.41) is 46.0. The molecule has 8 heteroatoms. The van der Waals surface area contributed by atoms with E-state index in [9.17, 15) is 9.59 Å². The maximum atomic E-state index is 11.0. The molecule has 0 saturated heterocycles. The number of hydrogen-bond acceptors (Lipinski definition) is 7. The highest BCUT2D eigenvalue weighted by atomic mass is 16.4. The molecule has 0 aromatic heterocycles. The third-order valence-electron chi connectivity index (χ3n) is 1.69. The van der Waals surface area contributed by atoms with Gasteiger partial charge in [0.2, 0.25) is 12.2 Å². The van der Waals surface area contributed by atoms with Crippen LogP contribution < -0.4 is 5.32 Å². The summed E-state index contributed by atoms with van der Waals surface area (Å²) in [6.45, 7) is -0.858. The maximum absolute atomic E-state index is 11.0. The summed E-state index contributed by atoms with van der Waals surface area (Å²) in [4.78, 5) is 20.9. The van der Waals surface area contributed by atoms with E-state index in [1.165, 1.54) is 0 Å². The summed E-state index contributed by atoms with van der Waals surface area (Å²) in [6.07, 6.45) is -7.70. The van der Waals surface area contributed by atoms with Crippen molar-refractivity contribution in [2.24, 2.45) is 0 Å². The summed E-state index contributed by atoms with van der Waals surface area (Å²) in [6, 6.07) is 0. The van der Waals surface area contributed by atoms with Crippen molar-refractivity contribution in [3.8, 4) is 0 Å². The molecule has 4 atom stereocenters. The van der Waals surface area contributed by atoms with Gasteiger partial charge >= 0.3 is 0 Å². The van der Waals surface area contributed by atoms with Crippen LogP contribution in [0.15, 0.2) is 0 Å². The topological polar surface area (TPSA) is 147 Å². The Bertz CT molecular complexity index is 221. The Labute approximate surface area is 84.8 Å². The number of ketones is 1. The van der Waals surface area contributed by atoms with Gasteiger partial charge in [0.15, 0.2) is 6.23 Å². The maximum Gasteiger partial charge on any atom is 0.212 e. The minimum atomic E-state index is -2.10. The molecule has 0 aliphatic rings. The lowest BCUT2D eigenvalue weighted by Gasteiger charge is -2.21. The average molecular weight is 223 g/mol. The molecule has 0 spiro atoms. The molecule has 0 saturated carbocycles. The van der Waals surface area contributed by atoms with Crippen LogP contribution in [0.3, 0.4) is 0 Å². The quantitative estimate of drug-likeness (QED) is 0.189. The van der Waals surface area contributed by atoms with Gasteiger partial charge < -0.3 is 30.8 Å². The zero-order valence-electron chi connectivity index (χ0n) is 7.65. The number of rotatable bonds is 7. The number of carbonyl (C=O) groups excluding carboxylic acids is 2. The highest BCUT2D eigenvalue weighted by Crippen LogP contribution is 2.02. The summed E-state index contributed by atoms with van der Waals surface area (Å²) >= 11 is 0. The van der Waals surface area contributed by atoms with Gasteiger partial charge in [0.1, 0.15) is 18.3 Å². The van der Waals surface area contributed by atoms with Gasteiger partial charge in [-0.2, -0.15) is 0 Å². The van der Waals surface area contributed by atoms with Crippen LogP contribution in [0, 0.1) is 0 Å². The van der Waals surface area contributed by atoms with Crippen LogP contribution in [0.25, 0.3) is 0 Å². The third-order valence-corrected chi connectivity index (χ3v) is 1.69. The molecule has 6 N–H and O–H groups in total. The average Bonchev–Trinajstić information content (AvgIpc) is 2.25. The molecule has 0 bridgehead atoms. The molecular formula is C7H13NO7. The molecule has 0 rings (SSSR count). The first kappa shape index (κ1) is 13.9. The zero-order chi connectivity index (χ0) is 12.0. The number of hydrogen-bond donors (Lipinski definition) is 6. The van der Waals surface area contributed by atoms with E-state index in [1.54, 1.807) is 5.32 Å². The van der Waals surface area contributed by atoms with Crippen LogP contribution in [-0.2, 0) is 9.59 Å². The predicted octanol–water partition coefficient (Wildman–Crippen LogP) is -4.31. The van der Waals surface area contributed by atoms with Crippen LogP contribution >= 0.6 is 0 Å². The van der Waals surface area contributed by atoms with Gasteiger partial charge in [0.25, 0.3) is 0 Å². The van der Waals surface area contributed by atoms with E-state index in [4.69, 9.17) is 25.5 Å². The second-order valence-corrected chi connectivity index (χ2v) is 2.77. The monoisotopic (exact) mass is 223 g/mol. The summed E-state index contributed by atoms with van der Waals surface area (Å²) in [5.74, 6) is -1.29. The lowest BCUT2D eigenvalue weighted by molar-refractivity contribution is -0.150. The summed E-state index contributed by atoms with van der Waals surface area (Å²) in [5.41, 5.74) is 0. The van der Waals surface area contributed by atoms with Crippen molar-refractivity contribution in [1.82, 2.24) is 5.32 Å². The van der Waals surface area contributed by atoms with Gasteiger partial charge in [-0.3, -0.25) is 9.59 Å². The smallest absolute Gasteiger partial charge is 0.212 e. The van der Waals surface area contributed by atoms with E-state index in [0.717, 1.165) is 0 Å². The molecule has 0 fully saturated rings. The highest BCUT2D eigenvalue weighted by Gasteiger charge is 2.33. The molecule has 0 radical (unpaired) electrons. The Kier molecular flexibility index (Phi) is 5.97. The number of amides is 1. The fourth-order valence-corrected chi connectivity index (χ4v) is 0.795. The Morgan fingerprint density at radius 3 is 2.20 bits per heavy atom. The van der Waals surface area contributed by atoms with E-state index in [-0.39, 0.29) is 6.41 Å². The number of Topliss-reactive ketones (excluding diaryl/α,β-unsaturated/α-hetero) is 1. The highest BCUT2D eigenvalue weighted by molar-refractivity contribution is 5.88. The zero-order valence-corrected chi connectivity index (χ0v) is 7.65. The van der Waals surface area contributed by atoms with Crippen molar-refractivity contribution >= 4 is 12.2 Å². The molecule has 1 unspecified atom stereocenters. The molecule has 0 aromatic rings. The van der Waals surface area contributed by atoms with Crippen molar-refractivity contribution in [2.75, 3.05) is 6.61 Å². The lowest BCUT2D eigenvalue weighted by atomic mass is 10.0. The number of aliphatic hydroxyl groups excluding tert-OH is 5.